The van der Waals surface area contributed by atoms with Gasteiger partial charge in [0.2, 0.25) is 5.69 Å². The summed E-state index contributed by atoms with van der Waals surface area (Å²) in [7, 11) is 0. The summed E-state index contributed by atoms with van der Waals surface area (Å²) < 4.78 is 5.82. The van der Waals surface area contributed by atoms with Crippen molar-refractivity contribution in [2.75, 3.05) is 5.32 Å². The molecule has 0 spiro atoms. The van der Waals surface area contributed by atoms with E-state index in [0.29, 0.717) is 0 Å². The van der Waals surface area contributed by atoms with E-state index in [9.17, 15) is 4.79 Å². The second-order valence-corrected chi connectivity index (χ2v) is 6.38. The van der Waals surface area contributed by atoms with Crippen LogP contribution in [0.2, 0.25) is 0 Å². The Balaban J connectivity index is 1.46. The normalized spacial score (nSPS) is 19.2. The lowest BCUT2D eigenvalue weighted by molar-refractivity contribution is 0.134. The number of carbonyl (C=O) groups excluding carboxylic acids is 1. The highest BCUT2D eigenvalue weighted by molar-refractivity contribution is 5.89. The standard InChI is InChI=1S/C19H21N5O2/c1-13-3-2-4-15(11-13)24-19(25)23-14-5-7-16(8-6-14)26-18-17(12-20)21-9-10-22-18/h2-4,9-11,14,16H,5-8H2,1H3,(H2,23,24,25). The highest BCUT2D eigenvalue weighted by atomic mass is 16.5. The molecule has 1 aromatic heterocycles. The molecule has 2 N–H and O–H groups in total. The minimum atomic E-state index is -0.194. The molecule has 3 rings (SSSR count). The summed E-state index contributed by atoms with van der Waals surface area (Å²) in [5.74, 6) is 0.281. The van der Waals surface area contributed by atoms with Gasteiger partial charge in [-0.1, -0.05) is 12.1 Å². The van der Waals surface area contributed by atoms with Crippen LogP contribution in [0.1, 0.15) is 36.9 Å². The number of aromatic nitrogens is 2. The minimum Gasteiger partial charge on any atom is -0.472 e. The molecule has 134 valence electrons. The van der Waals surface area contributed by atoms with Crippen molar-refractivity contribution in [2.45, 2.75) is 44.8 Å². The lowest BCUT2D eigenvalue weighted by Crippen LogP contribution is -2.41. The number of hydrogen-bond acceptors (Lipinski definition) is 5. The molecule has 7 heteroatoms. The number of carbonyl (C=O) groups is 1. The van der Waals surface area contributed by atoms with Gasteiger partial charge in [-0.25, -0.2) is 14.8 Å². The van der Waals surface area contributed by atoms with Gasteiger partial charge in [0, 0.05) is 24.1 Å². The number of anilines is 1. The zero-order valence-corrected chi connectivity index (χ0v) is 14.6. The van der Waals surface area contributed by atoms with Gasteiger partial charge in [-0.3, -0.25) is 0 Å². The Morgan fingerprint density at radius 1 is 1.23 bits per heavy atom. The third kappa shape index (κ3) is 4.70. The van der Waals surface area contributed by atoms with E-state index in [1.165, 1.54) is 12.4 Å². The van der Waals surface area contributed by atoms with Crippen molar-refractivity contribution >= 4 is 11.7 Å². The largest absolute Gasteiger partial charge is 0.472 e. The number of benzene rings is 1. The summed E-state index contributed by atoms with van der Waals surface area (Å²) in [5.41, 5.74) is 2.08. The summed E-state index contributed by atoms with van der Waals surface area (Å²) in [6.07, 6.45) is 6.17. The van der Waals surface area contributed by atoms with Gasteiger partial charge in [0.25, 0.3) is 5.88 Å². The lowest BCUT2D eigenvalue weighted by Gasteiger charge is -2.29. The van der Waals surface area contributed by atoms with Gasteiger partial charge in [-0.2, -0.15) is 5.26 Å². The summed E-state index contributed by atoms with van der Waals surface area (Å²) in [6.45, 7) is 1.99. The molecule has 1 fully saturated rings. The zero-order valence-electron chi connectivity index (χ0n) is 14.6. The maximum atomic E-state index is 12.1. The third-order valence-electron chi connectivity index (χ3n) is 4.33. The fourth-order valence-corrected chi connectivity index (χ4v) is 3.05. The number of nitrogens with one attached hydrogen (secondary N) is 2. The maximum absolute atomic E-state index is 12.1. The first-order valence-corrected chi connectivity index (χ1v) is 8.66. The highest BCUT2D eigenvalue weighted by Gasteiger charge is 2.24. The molecule has 1 aliphatic carbocycles. The van der Waals surface area contributed by atoms with E-state index < -0.39 is 0 Å². The number of urea groups is 1. The molecule has 0 aliphatic heterocycles. The van der Waals surface area contributed by atoms with Gasteiger partial charge in [0.1, 0.15) is 12.2 Å². The van der Waals surface area contributed by atoms with Crippen molar-refractivity contribution in [3.8, 4) is 11.9 Å². The van der Waals surface area contributed by atoms with Crippen LogP contribution in [0.5, 0.6) is 5.88 Å². The van der Waals surface area contributed by atoms with Crippen LogP contribution in [0.25, 0.3) is 0 Å². The highest BCUT2D eigenvalue weighted by Crippen LogP contribution is 2.24. The smallest absolute Gasteiger partial charge is 0.319 e. The first kappa shape index (κ1) is 17.7. The van der Waals surface area contributed by atoms with Gasteiger partial charge in [-0.05, 0) is 50.3 Å². The molecule has 1 heterocycles. The molecular weight excluding hydrogens is 330 g/mol. The van der Waals surface area contributed by atoms with Crippen LogP contribution in [-0.4, -0.2) is 28.1 Å². The van der Waals surface area contributed by atoms with E-state index in [4.69, 9.17) is 10.00 Å². The Morgan fingerprint density at radius 3 is 2.73 bits per heavy atom. The SMILES string of the molecule is Cc1cccc(NC(=O)NC2CCC(Oc3nccnc3C#N)CC2)c1. The Hall–Kier alpha value is -3.14. The number of hydrogen-bond donors (Lipinski definition) is 2. The average Bonchev–Trinajstić information content (AvgIpc) is 2.64. The fraction of sp³-hybridized carbons (Fsp3) is 0.368. The van der Waals surface area contributed by atoms with Crippen LogP contribution in [0.4, 0.5) is 10.5 Å². The first-order valence-electron chi connectivity index (χ1n) is 8.66. The molecule has 0 bridgehead atoms. The maximum Gasteiger partial charge on any atom is 0.319 e. The predicted octanol–water partition coefficient (Wildman–Crippen LogP) is 3.17. The molecule has 1 aliphatic rings. The van der Waals surface area contributed by atoms with Crippen molar-refractivity contribution in [1.29, 1.82) is 5.26 Å². The van der Waals surface area contributed by atoms with E-state index >= 15 is 0 Å². The van der Waals surface area contributed by atoms with E-state index in [1.807, 2.05) is 37.3 Å². The zero-order chi connectivity index (χ0) is 18.4. The van der Waals surface area contributed by atoms with Gasteiger partial charge in [-0.15, -0.1) is 0 Å². The number of ether oxygens (including phenoxy) is 1. The van der Waals surface area contributed by atoms with Crippen LogP contribution in [-0.2, 0) is 0 Å². The van der Waals surface area contributed by atoms with Crippen molar-refractivity contribution < 1.29 is 9.53 Å². The van der Waals surface area contributed by atoms with Crippen molar-refractivity contribution in [1.82, 2.24) is 15.3 Å². The molecule has 1 saturated carbocycles. The molecule has 0 saturated heterocycles. The average molecular weight is 351 g/mol. The van der Waals surface area contributed by atoms with Crippen molar-refractivity contribution in [2.24, 2.45) is 0 Å². The second-order valence-electron chi connectivity index (χ2n) is 6.38. The van der Waals surface area contributed by atoms with Gasteiger partial charge in [0.05, 0.1) is 0 Å². The molecular formula is C19H21N5O2. The number of nitrogens with zero attached hydrogens (tertiary/aromatic N) is 3. The lowest BCUT2D eigenvalue weighted by atomic mass is 9.93. The van der Waals surface area contributed by atoms with E-state index in [2.05, 4.69) is 20.6 Å². The summed E-state index contributed by atoms with van der Waals surface area (Å²) >= 11 is 0. The topological polar surface area (TPSA) is 99.9 Å². The van der Waals surface area contributed by atoms with Crippen molar-refractivity contribution in [3.05, 3.63) is 47.9 Å². The monoisotopic (exact) mass is 351 g/mol. The molecule has 26 heavy (non-hydrogen) atoms. The van der Waals surface area contributed by atoms with Crippen LogP contribution >= 0.6 is 0 Å². The molecule has 0 radical (unpaired) electrons. The van der Waals surface area contributed by atoms with Crippen LogP contribution < -0.4 is 15.4 Å². The van der Waals surface area contributed by atoms with Crippen LogP contribution in [0.3, 0.4) is 0 Å². The quantitative estimate of drug-likeness (QED) is 0.881. The van der Waals surface area contributed by atoms with Gasteiger partial charge >= 0.3 is 6.03 Å². The molecule has 2 aromatic rings. The Bertz CT molecular complexity index is 810. The molecule has 2 amide bonds. The Morgan fingerprint density at radius 2 is 2.00 bits per heavy atom. The number of rotatable bonds is 4. The van der Waals surface area contributed by atoms with Gasteiger partial charge < -0.3 is 15.4 Å². The first-order chi connectivity index (χ1) is 12.6. The van der Waals surface area contributed by atoms with Gasteiger partial charge in [0.15, 0.2) is 0 Å². The number of nitriles is 1. The Kier molecular flexibility index (Phi) is 5.64. The molecule has 0 atom stereocenters. The number of aryl methyl sites for hydroxylation is 1. The number of amides is 2. The second kappa shape index (κ2) is 8.30. The predicted molar refractivity (Wildman–Crippen MR) is 96.8 cm³/mol. The van der Waals surface area contributed by atoms with E-state index in [0.717, 1.165) is 36.9 Å². The van der Waals surface area contributed by atoms with E-state index in [-0.39, 0.29) is 29.8 Å². The molecule has 1 aromatic carbocycles. The minimum absolute atomic E-state index is 0.0170. The third-order valence-corrected chi connectivity index (χ3v) is 4.33. The Labute approximate surface area is 152 Å². The molecule has 0 unspecified atom stereocenters. The summed E-state index contributed by atoms with van der Waals surface area (Å²) in [4.78, 5) is 20.2. The fourth-order valence-electron chi connectivity index (χ4n) is 3.05. The summed E-state index contributed by atoms with van der Waals surface area (Å²) in [6, 6.07) is 9.59. The van der Waals surface area contributed by atoms with Crippen LogP contribution in [0.15, 0.2) is 36.7 Å². The van der Waals surface area contributed by atoms with E-state index in [1.54, 1.807) is 0 Å². The molecule has 7 nitrogen and oxygen atoms in total. The van der Waals surface area contributed by atoms with Crippen LogP contribution in [0, 0.1) is 18.3 Å². The summed E-state index contributed by atoms with van der Waals surface area (Å²) in [5, 5.41) is 14.9. The van der Waals surface area contributed by atoms with Crippen molar-refractivity contribution in [3.63, 3.8) is 0 Å².